The summed E-state index contributed by atoms with van der Waals surface area (Å²) < 4.78 is 18.2. The Hall–Kier alpha value is -2.63. The molecule has 1 aliphatic carbocycles. The van der Waals surface area contributed by atoms with Crippen LogP contribution in [0.1, 0.15) is 44.2 Å². The van der Waals surface area contributed by atoms with Gasteiger partial charge in [0.25, 0.3) is 0 Å². The zero-order valence-electron chi connectivity index (χ0n) is 18.5. The summed E-state index contributed by atoms with van der Waals surface area (Å²) in [7, 11) is -3.95. The summed E-state index contributed by atoms with van der Waals surface area (Å²) in [4.78, 5) is 34.3. The molecule has 0 bridgehead atoms. The number of carbonyl (C=O) groups excluding carboxylic acids is 1. The lowest BCUT2D eigenvalue weighted by molar-refractivity contribution is -0.141. The van der Waals surface area contributed by atoms with E-state index < -0.39 is 37.3 Å². The first kappa shape index (κ1) is 24.0. The van der Waals surface area contributed by atoms with E-state index in [1.807, 2.05) is 62.4 Å². The van der Waals surface area contributed by atoms with E-state index in [9.17, 15) is 24.2 Å². The Labute approximate surface area is 188 Å². The first-order valence-corrected chi connectivity index (χ1v) is 12.7. The highest BCUT2D eigenvalue weighted by Crippen LogP contribution is 2.48. The molecule has 0 spiro atoms. The van der Waals surface area contributed by atoms with Gasteiger partial charge >= 0.3 is 12.1 Å². The molecule has 3 atom stereocenters. The monoisotopic (exact) mass is 459 g/mol. The lowest BCUT2D eigenvalue weighted by Crippen LogP contribution is -2.35. The number of hydrogen-bond donors (Lipinski definition) is 3. The second-order valence-corrected chi connectivity index (χ2v) is 11.4. The van der Waals surface area contributed by atoms with Gasteiger partial charge in [0.15, 0.2) is 0 Å². The van der Waals surface area contributed by atoms with Crippen LogP contribution in [0, 0.1) is 11.8 Å². The molecule has 3 N–H and O–H groups in total. The summed E-state index contributed by atoms with van der Waals surface area (Å²) in [6.07, 6.45) is -0.910. The van der Waals surface area contributed by atoms with Crippen molar-refractivity contribution in [1.29, 1.82) is 0 Å². The Morgan fingerprint density at radius 2 is 1.56 bits per heavy atom. The Balaban J connectivity index is 1.62. The highest BCUT2D eigenvalue weighted by molar-refractivity contribution is 7.58. The van der Waals surface area contributed by atoms with E-state index >= 15 is 0 Å². The van der Waals surface area contributed by atoms with Crippen molar-refractivity contribution < 1.29 is 28.9 Å². The summed E-state index contributed by atoms with van der Waals surface area (Å²) in [5.41, 5.74) is 4.35. The van der Waals surface area contributed by atoms with Gasteiger partial charge in [0, 0.05) is 12.1 Å². The van der Waals surface area contributed by atoms with E-state index in [4.69, 9.17) is 4.74 Å². The number of fused-ring (bicyclic) bond motifs is 3. The molecule has 172 valence electrons. The first-order chi connectivity index (χ1) is 15.1. The Bertz CT molecular complexity index is 991. The van der Waals surface area contributed by atoms with Crippen molar-refractivity contribution in [3.63, 3.8) is 0 Å². The SMILES string of the molecule is CC(C)CC(CP(=O)(O)C(C)NC(=O)OCC1c2ccccc2-c2ccccc21)C(=O)O. The molecule has 0 fully saturated rings. The lowest BCUT2D eigenvalue weighted by atomic mass is 9.98. The van der Waals surface area contributed by atoms with Gasteiger partial charge in [-0.2, -0.15) is 0 Å². The molecule has 1 aliphatic rings. The average molecular weight is 459 g/mol. The summed E-state index contributed by atoms with van der Waals surface area (Å²) in [5, 5.41) is 11.8. The molecular formula is C24H30NO6P. The van der Waals surface area contributed by atoms with Gasteiger partial charge in [-0.1, -0.05) is 62.4 Å². The quantitative estimate of drug-likeness (QED) is 0.460. The summed E-state index contributed by atoms with van der Waals surface area (Å²) in [6.45, 7) is 5.21. The molecule has 2 aromatic rings. The number of benzene rings is 2. The Morgan fingerprint density at radius 1 is 1.03 bits per heavy atom. The number of alkyl carbamates (subject to hydrolysis) is 1. The molecule has 7 nitrogen and oxygen atoms in total. The van der Waals surface area contributed by atoms with Crippen LogP contribution in [0.3, 0.4) is 0 Å². The molecular weight excluding hydrogens is 429 g/mol. The molecule has 3 unspecified atom stereocenters. The molecule has 2 aromatic carbocycles. The van der Waals surface area contributed by atoms with Gasteiger partial charge < -0.3 is 20.1 Å². The van der Waals surface area contributed by atoms with E-state index in [2.05, 4.69) is 5.32 Å². The van der Waals surface area contributed by atoms with E-state index in [1.54, 1.807) is 0 Å². The van der Waals surface area contributed by atoms with Crippen molar-refractivity contribution >= 4 is 19.4 Å². The summed E-state index contributed by atoms with van der Waals surface area (Å²) in [5.74, 6) is -3.22. The molecule has 1 amide bonds. The van der Waals surface area contributed by atoms with Crippen LogP contribution in [-0.2, 0) is 14.1 Å². The number of aliphatic carboxylic acids is 1. The predicted molar refractivity (Wildman–Crippen MR) is 123 cm³/mol. The third-order valence-electron chi connectivity index (χ3n) is 5.86. The van der Waals surface area contributed by atoms with E-state index in [0.29, 0.717) is 0 Å². The van der Waals surface area contributed by atoms with Gasteiger partial charge in [0.05, 0.1) is 5.92 Å². The number of carboxylic acids is 1. The topological polar surface area (TPSA) is 113 Å². The fourth-order valence-corrected chi connectivity index (χ4v) is 5.77. The molecule has 8 heteroatoms. The molecule has 3 rings (SSSR count). The van der Waals surface area contributed by atoms with Gasteiger partial charge in [-0.3, -0.25) is 9.36 Å². The fourth-order valence-electron chi connectivity index (χ4n) is 4.21. The highest BCUT2D eigenvalue weighted by Gasteiger charge is 2.35. The van der Waals surface area contributed by atoms with Crippen LogP contribution in [0.2, 0.25) is 0 Å². The zero-order valence-corrected chi connectivity index (χ0v) is 19.4. The van der Waals surface area contributed by atoms with Gasteiger partial charge in [0.1, 0.15) is 12.4 Å². The standard InChI is InChI=1S/C24H30NO6P/c1-15(2)12-17(23(26)27)14-32(29,30)16(3)25-24(28)31-13-22-20-10-6-4-8-18(20)19-9-5-7-11-21(19)22/h4-11,15-17,22H,12-14H2,1-3H3,(H,25,28)(H,26,27)(H,29,30). The molecule has 0 saturated carbocycles. The van der Waals surface area contributed by atoms with Crippen molar-refractivity contribution in [3.05, 3.63) is 59.7 Å². The Kier molecular flexibility index (Phi) is 7.42. The third-order valence-corrected chi connectivity index (χ3v) is 8.17. The normalized spacial score (nSPS) is 16.5. The van der Waals surface area contributed by atoms with Gasteiger partial charge in [-0.25, -0.2) is 4.79 Å². The van der Waals surface area contributed by atoms with E-state index in [0.717, 1.165) is 22.3 Å². The molecule has 32 heavy (non-hydrogen) atoms. The minimum Gasteiger partial charge on any atom is -0.481 e. The first-order valence-electron chi connectivity index (χ1n) is 10.8. The number of carbonyl (C=O) groups is 2. The molecule has 0 aromatic heterocycles. The minimum absolute atomic E-state index is 0.0708. The minimum atomic E-state index is -3.95. The van der Waals surface area contributed by atoms with Crippen LogP contribution < -0.4 is 5.32 Å². The van der Waals surface area contributed by atoms with E-state index in [-0.39, 0.29) is 24.9 Å². The number of amides is 1. The molecule has 0 aliphatic heterocycles. The number of nitrogens with one attached hydrogen (secondary N) is 1. The van der Waals surface area contributed by atoms with Crippen LogP contribution >= 0.6 is 7.37 Å². The Morgan fingerprint density at radius 3 is 2.06 bits per heavy atom. The molecule has 0 heterocycles. The lowest BCUT2D eigenvalue weighted by Gasteiger charge is -2.24. The summed E-state index contributed by atoms with van der Waals surface area (Å²) >= 11 is 0. The van der Waals surface area contributed by atoms with Gasteiger partial charge in [-0.05, 0) is 41.5 Å². The molecule has 0 radical (unpaired) electrons. The largest absolute Gasteiger partial charge is 0.481 e. The van der Waals surface area contributed by atoms with Crippen molar-refractivity contribution in [2.75, 3.05) is 12.8 Å². The number of hydrogen-bond acceptors (Lipinski definition) is 4. The number of ether oxygens (including phenoxy) is 1. The second-order valence-electron chi connectivity index (χ2n) is 8.75. The smallest absolute Gasteiger partial charge is 0.407 e. The maximum atomic E-state index is 12.8. The zero-order chi connectivity index (χ0) is 23.5. The molecule has 0 saturated heterocycles. The van der Waals surface area contributed by atoms with Gasteiger partial charge in [0.2, 0.25) is 7.37 Å². The summed E-state index contributed by atoms with van der Waals surface area (Å²) in [6, 6.07) is 15.9. The highest BCUT2D eigenvalue weighted by atomic mass is 31.2. The van der Waals surface area contributed by atoms with Crippen molar-refractivity contribution in [2.24, 2.45) is 11.8 Å². The van der Waals surface area contributed by atoms with Crippen LogP contribution in [0.15, 0.2) is 48.5 Å². The number of carboxylic acid groups (broad SMARTS) is 1. The maximum Gasteiger partial charge on any atom is 0.407 e. The van der Waals surface area contributed by atoms with Crippen molar-refractivity contribution in [3.8, 4) is 11.1 Å². The van der Waals surface area contributed by atoms with Crippen molar-refractivity contribution in [1.82, 2.24) is 5.32 Å². The predicted octanol–water partition coefficient (Wildman–Crippen LogP) is 4.89. The fraction of sp³-hybridized carbons (Fsp3) is 0.417. The van der Waals surface area contributed by atoms with Crippen LogP contribution in [0.5, 0.6) is 0 Å². The van der Waals surface area contributed by atoms with Crippen molar-refractivity contribution in [2.45, 2.75) is 38.9 Å². The average Bonchev–Trinajstić information content (AvgIpc) is 3.05. The number of rotatable bonds is 9. The van der Waals surface area contributed by atoms with Crippen LogP contribution in [-0.4, -0.2) is 40.6 Å². The third kappa shape index (κ3) is 5.40. The maximum absolute atomic E-state index is 12.8. The van der Waals surface area contributed by atoms with E-state index in [1.165, 1.54) is 6.92 Å². The van der Waals surface area contributed by atoms with Gasteiger partial charge in [-0.15, -0.1) is 0 Å². The van der Waals surface area contributed by atoms with Crippen LogP contribution in [0.4, 0.5) is 4.79 Å². The van der Waals surface area contributed by atoms with Crippen LogP contribution in [0.25, 0.3) is 11.1 Å². The second kappa shape index (κ2) is 9.88.